The molecular formula is C12H17N5O. The van der Waals surface area contributed by atoms with Crippen molar-refractivity contribution in [2.75, 3.05) is 5.73 Å². The molecule has 0 spiro atoms. The molecule has 0 saturated heterocycles. The Kier molecular flexibility index (Phi) is 2.73. The quantitative estimate of drug-likeness (QED) is 0.839. The second-order valence-corrected chi connectivity index (χ2v) is 5.10. The van der Waals surface area contributed by atoms with E-state index >= 15 is 0 Å². The van der Waals surface area contributed by atoms with Gasteiger partial charge in [-0.25, -0.2) is 9.97 Å². The molecule has 2 rings (SSSR count). The summed E-state index contributed by atoms with van der Waals surface area (Å²) in [5.41, 5.74) is 13.0. The van der Waals surface area contributed by atoms with Crippen LogP contribution in [0.15, 0.2) is 12.3 Å². The van der Waals surface area contributed by atoms with Crippen molar-refractivity contribution in [2.45, 2.75) is 27.3 Å². The van der Waals surface area contributed by atoms with Crippen LogP contribution in [0.1, 0.15) is 19.4 Å². The number of primary amides is 1. The lowest BCUT2D eigenvalue weighted by atomic mass is 9.92. The highest BCUT2D eigenvalue weighted by Crippen LogP contribution is 2.24. The highest BCUT2D eigenvalue weighted by atomic mass is 16.1. The molecule has 0 aromatic carbocycles. The van der Waals surface area contributed by atoms with Crippen molar-refractivity contribution in [1.29, 1.82) is 0 Å². The van der Waals surface area contributed by atoms with Gasteiger partial charge < -0.3 is 11.5 Å². The topological polar surface area (TPSA) is 99.8 Å². The van der Waals surface area contributed by atoms with E-state index in [4.69, 9.17) is 11.5 Å². The van der Waals surface area contributed by atoms with Gasteiger partial charge in [-0.15, -0.1) is 0 Å². The number of carbonyl (C=O) groups excluding carboxylic acids is 1. The molecule has 6 nitrogen and oxygen atoms in total. The summed E-state index contributed by atoms with van der Waals surface area (Å²) in [6.07, 6.45) is 1.70. The molecule has 0 unspecified atom stereocenters. The van der Waals surface area contributed by atoms with Crippen LogP contribution in [0.25, 0.3) is 11.2 Å². The van der Waals surface area contributed by atoms with E-state index in [-0.39, 0.29) is 5.91 Å². The summed E-state index contributed by atoms with van der Waals surface area (Å²) in [5.74, 6) is -0.0301. The molecule has 2 aromatic heterocycles. The summed E-state index contributed by atoms with van der Waals surface area (Å²) in [6, 6.07) is 1.87. The van der Waals surface area contributed by atoms with E-state index in [0.29, 0.717) is 18.1 Å². The number of nitrogen functional groups attached to an aromatic ring is 1. The number of pyridine rings is 1. The van der Waals surface area contributed by atoms with Gasteiger partial charge in [-0.1, -0.05) is 0 Å². The molecule has 0 fully saturated rings. The second-order valence-electron chi connectivity index (χ2n) is 5.10. The maximum absolute atomic E-state index is 11.4. The van der Waals surface area contributed by atoms with E-state index in [1.165, 1.54) is 0 Å². The fourth-order valence-corrected chi connectivity index (χ4v) is 1.78. The number of anilines is 1. The van der Waals surface area contributed by atoms with E-state index in [1.54, 1.807) is 24.6 Å². The molecule has 0 aliphatic rings. The predicted octanol–water partition coefficient (Wildman–Crippen LogP) is 0.833. The maximum atomic E-state index is 11.4. The van der Waals surface area contributed by atoms with Crippen LogP contribution in [0.3, 0.4) is 0 Å². The number of nitrogens with zero attached hydrogens (tertiary/aromatic N) is 3. The molecule has 96 valence electrons. The molecule has 1 amide bonds. The molecule has 0 atom stereocenters. The smallest absolute Gasteiger partial charge is 0.224 e. The normalized spacial score (nSPS) is 11.9. The zero-order valence-electron chi connectivity index (χ0n) is 10.8. The van der Waals surface area contributed by atoms with Gasteiger partial charge in [0, 0.05) is 12.7 Å². The number of aryl methyl sites for hydroxylation is 1. The Morgan fingerprint density at radius 2 is 2.17 bits per heavy atom. The molecule has 0 aliphatic heterocycles. The number of hydrogen-bond donors (Lipinski definition) is 2. The minimum Gasteiger partial charge on any atom is -0.369 e. The Morgan fingerprint density at radius 3 is 2.78 bits per heavy atom. The Hall–Kier alpha value is -2.11. The summed E-state index contributed by atoms with van der Waals surface area (Å²) >= 11 is 0. The first-order valence-electron chi connectivity index (χ1n) is 5.70. The SMILES string of the molecule is Cc1ccnc2c1nc(N)n2CC(C)(C)C(N)=O. The second kappa shape index (κ2) is 3.97. The van der Waals surface area contributed by atoms with E-state index in [2.05, 4.69) is 9.97 Å². The third-order valence-electron chi connectivity index (χ3n) is 3.09. The minimum atomic E-state index is -0.701. The van der Waals surface area contributed by atoms with E-state index < -0.39 is 5.41 Å². The van der Waals surface area contributed by atoms with Gasteiger partial charge in [0.05, 0.1) is 5.41 Å². The van der Waals surface area contributed by atoms with Crippen molar-refractivity contribution in [3.63, 3.8) is 0 Å². The van der Waals surface area contributed by atoms with Crippen LogP contribution in [0, 0.1) is 12.3 Å². The molecule has 0 aliphatic carbocycles. The monoisotopic (exact) mass is 247 g/mol. The number of carbonyl (C=O) groups is 1. The Morgan fingerprint density at radius 1 is 1.50 bits per heavy atom. The van der Waals surface area contributed by atoms with Gasteiger partial charge in [0.1, 0.15) is 5.52 Å². The molecule has 2 heterocycles. The van der Waals surface area contributed by atoms with Gasteiger partial charge >= 0.3 is 0 Å². The number of hydrogen-bond acceptors (Lipinski definition) is 4. The maximum Gasteiger partial charge on any atom is 0.224 e. The lowest BCUT2D eigenvalue weighted by Gasteiger charge is -2.21. The van der Waals surface area contributed by atoms with Crippen LogP contribution in [-0.4, -0.2) is 20.4 Å². The fraction of sp³-hybridized carbons (Fsp3) is 0.417. The standard InChI is InChI=1S/C12H17N5O/c1-7-4-5-15-9-8(7)16-11(14)17(9)6-12(2,3)10(13)18/h4-5H,6H2,1-3H3,(H2,13,18)(H2,14,16). The van der Waals surface area contributed by atoms with Crippen molar-refractivity contribution < 1.29 is 4.79 Å². The van der Waals surface area contributed by atoms with Crippen molar-refractivity contribution in [1.82, 2.24) is 14.5 Å². The Balaban J connectivity index is 2.55. The van der Waals surface area contributed by atoms with Gasteiger partial charge in [-0.2, -0.15) is 0 Å². The van der Waals surface area contributed by atoms with Gasteiger partial charge in [-0.05, 0) is 32.4 Å². The lowest BCUT2D eigenvalue weighted by Crippen LogP contribution is -2.35. The van der Waals surface area contributed by atoms with Crippen LogP contribution in [0.2, 0.25) is 0 Å². The van der Waals surface area contributed by atoms with Crippen LogP contribution in [0.5, 0.6) is 0 Å². The molecule has 0 saturated carbocycles. The lowest BCUT2D eigenvalue weighted by molar-refractivity contribution is -0.126. The minimum absolute atomic E-state index is 0.348. The molecule has 4 N–H and O–H groups in total. The first-order chi connectivity index (χ1) is 8.33. The van der Waals surface area contributed by atoms with Crippen molar-refractivity contribution >= 4 is 23.0 Å². The summed E-state index contributed by atoms with van der Waals surface area (Å²) in [4.78, 5) is 19.9. The average Bonchev–Trinajstić information content (AvgIpc) is 2.57. The van der Waals surface area contributed by atoms with Gasteiger partial charge in [-0.3, -0.25) is 9.36 Å². The summed E-state index contributed by atoms with van der Waals surface area (Å²) < 4.78 is 1.73. The first kappa shape index (κ1) is 12.3. The zero-order chi connectivity index (χ0) is 13.5. The largest absolute Gasteiger partial charge is 0.369 e. The molecule has 2 aromatic rings. The highest BCUT2D eigenvalue weighted by molar-refractivity contribution is 5.81. The number of fused-ring (bicyclic) bond motifs is 1. The Bertz CT molecular complexity index is 614. The summed E-state index contributed by atoms with van der Waals surface area (Å²) in [5, 5.41) is 0. The fourth-order valence-electron chi connectivity index (χ4n) is 1.78. The van der Waals surface area contributed by atoms with Gasteiger partial charge in [0.15, 0.2) is 5.65 Å². The average molecular weight is 247 g/mol. The molecular weight excluding hydrogens is 230 g/mol. The third-order valence-corrected chi connectivity index (χ3v) is 3.09. The number of aromatic nitrogens is 3. The number of nitrogens with two attached hydrogens (primary N) is 2. The van der Waals surface area contributed by atoms with Crippen LogP contribution in [0.4, 0.5) is 5.95 Å². The summed E-state index contributed by atoms with van der Waals surface area (Å²) in [7, 11) is 0. The number of amides is 1. The van der Waals surface area contributed by atoms with Crippen LogP contribution >= 0.6 is 0 Å². The number of imidazole rings is 1. The van der Waals surface area contributed by atoms with Crippen molar-refractivity contribution in [3.8, 4) is 0 Å². The zero-order valence-corrected chi connectivity index (χ0v) is 10.8. The Labute approximate surface area is 105 Å². The molecule has 0 bridgehead atoms. The van der Waals surface area contributed by atoms with Crippen LogP contribution in [-0.2, 0) is 11.3 Å². The molecule has 6 heteroatoms. The first-order valence-corrected chi connectivity index (χ1v) is 5.70. The van der Waals surface area contributed by atoms with Gasteiger partial charge in [0.2, 0.25) is 11.9 Å². The molecule has 0 radical (unpaired) electrons. The van der Waals surface area contributed by atoms with Crippen molar-refractivity contribution in [3.05, 3.63) is 17.8 Å². The number of rotatable bonds is 3. The van der Waals surface area contributed by atoms with E-state index in [1.807, 2.05) is 13.0 Å². The van der Waals surface area contributed by atoms with E-state index in [0.717, 1.165) is 11.1 Å². The van der Waals surface area contributed by atoms with E-state index in [9.17, 15) is 4.79 Å². The van der Waals surface area contributed by atoms with Crippen LogP contribution < -0.4 is 11.5 Å². The van der Waals surface area contributed by atoms with Crippen molar-refractivity contribution in [2.24, 2.45) is 11.1 Å². The van der Waals surface area contributed by atoms with Gasteiger partial charge in [0.25, 0.3) is 0 Å². The predicted molar refractivity (Wildman–Crippen MR) is 69.7 cm³/mol. The molecule has 18 heavy (non-hydrogen) atoms. The highest BCUT2D eigenvalue weighted by Gasteiger charge is 2.27. The summed E-state index contributed by atoms with van der Waals surface area (Å²) in [6.45, 7) is 5.86. The third kappa shape index (κ3) is 1.90.